The third-order valence-corrected chi connectivity index (χ3v) is 4.86. The molecule has 2 aromatic carbocycles. The van der Waals surface area contributed by atoms with Crippen molar-refractivity contribution in [2.24, 2.45) is 5.92 Å². The highest BCUT2D eigenvalue weighted by atomic mass is 35.5. The molecule has 0 radical (unpaired) electrons. The maximum atomic E-state index is 12.6. The number of aromatic nitrogens is 1. The van der Waals surface area contributed by atoms with Gasteiger partial charge in [0.2, 0.25) is 5.91 Å². The number of rotatable bonds is 4. The topological polar surface area (TPSA) is 65.8 Å². The first-order chi connectivity index (χ1) is 12.9. The van der Waals surface area contributed by atoms with Crippen LogP contribution in [0.5, 0.6) is 0 Å². The summed E-state index contributed by atoms with van der Waals surface area (Å²) in [6.45, 7) is 5.91. The number of nitriles is 1. The summed E-state index contributed by atoms with van der Waals surface area (Å²) < 4.78 is 0. The minimum atomic E-state index is -0.854. The fraction of sp³-hybridized carbons (Fsp3) is 0.227. The fourth-order valence-electron chi connectivity index (χ4n) is 3.03. The molecule has 0 saturated carbocycles. The molecule has 1 atom stereocenters. The monoisotopic (exact) mass is 377 g/mol. The van der Waals surface area contributed by atoms with Crippen LogP contribution in [0.25, 0.3) is 10.9 Å². The summed E-state index contributed by atoms with van der Waals surface area (Å²) in [7, 11) is 0. The molecule has 1 aromatic heterocycles. The van der Waals surface area contributed by atoms with Crippen LogP contribution in [0.15, 0.2) is 42.5 Å². The number of nitrogens with zero attached hydrogens (tertiary/aromatic N) is 2. The summed E-state index contributed by atoms with van der Waals surface area (Å²) in [5.41, 5.74) is 5.38. The Hall–Kier alpha value is -2.90. The number of aryl methyl sites for hydroxylation is 3. The van der Waals surface area contributed by atoms with Gasteiger partial charge in [0.25, 0.3) is 0 Å². The van der Waals surface area contributed by atoms with E-state index in [-0.39, 0.29) is 12.3 Å². The Bertz CT molecular complexity index is 1070. The molecule has 0 fully saturated rings. The molecule has 4 nitrogen and oxygen atoms in total. The molecule has 3 aromatic rings. The van der Waals surface area contributed by atoms with Crippen LogP contribution >= 0.6 is 11.6 Å². The zero-order valence-electron chi connectivity index (χ0n) is 15.5. The van der Waals surface area contributed by atoms with Crippen LogP contribution in [0.3, 0.4) is 0 Å². The largest absolute Gasteiger partial charge is 0.325 e. The Morgan fingerprint density at radius 1 is 1.15 bits per heavy atom. The second-order valence-electron chi connectivity index (χ2n) is 6.83. The molecular weight excluding hydrogens is 358 g/mol. The lowest BCUT2D eigenvalue weighted by molar-refractivity contribution is -0.118. The van der Waals surface area contributed by atoms with E-state index in [2.05, 4.69) is 16.4 Å². The highest BCUT2D eigenvalue weighted by Gasteiger charge is 2.21. The van der Waals surface area contributed by atoms with Crippen molar-refractivity contribution in [1.82, 2.24) is 4.98 Å². The van der Waals surface area contributed by atoms with Crippen LogP contribution in [-0.4, -0.2) is 10.9 Å². The minimum Gasteiger partial charge on any atom is -0.325 e. The number of halogens is 1. The third kappa shape index (κ3) is 4.27. The first-order valence-corrected chi connectivity index (χ1v) is 9.08. The second-order valence-corrected chi connectivity index (χ2v) is 7.19. The predicted molar refractivity (Wildman–Crippen MR) is 109 cm³/mol. The van der Waals surface area contributed by atoms with E-state index in [0.717, 1.165) is 27.6 Å². The van der Waals surface area contributed by atoms with E-state index in [0.29, 0.717) is 16.4 Å². The maximum absolute atomic E-state index is 12.6. The molecule has 0 aliphatic heterocycles. The fourth-order valence-corrected chi connectivity index (χ4v) is 3.25. The Morgan fingerprint density at radius 3 is 2.56 bits per heavy atom. The summed E-state index contributed by atoms with van der Waals surface area (Å²) in [5.74, 6) is -1.20. The van der Waals surface area contributed by atoms with E-state index in [9.17, 15) is 10.1 Å². The lowest BCUT2D eigenvalue weighted by Gasteiger charge is -2.14. The summed E-state index contributed by atoms with van der Waals surface area (Å²) in [6, 6.07) is 15.7. The Balaban J connectivity index is 1.83. The molecule has 0 saturated heterocycles. The van der Waals surface area contributed by atoms with E-state index >= 15 is 0 Å². The van der Waals surface area contributed by atoms with Gasteiger partial charge in [-0.05, 0) is 55.7 Å². The van der Waals surface area contributed by atoms with Crippen LogP contribution < -0.4 is 5.32 Å². The Kier molecular flexibility index (Phi) is 5.43. The van der Waals surface area contributed by atoms with Gasteiger partial charge in [0.1, 0.15) is 11.1 Å². The van der Waals surface area contributed by atoms with Gasteiger partial charge >= 0.3 is 0 Å². The van der Waals surface area contributed by atoms with Gasteiger partial charge in [-0.15, -0.1) is 0 Å². The number of hydrogen-bond donors (Lipinski definition) is 1. The Morgan fingerprint density at radius 2 is 1.85 bits per heavy atom. The quantitative estimate of drug-likeness (QED) is 0.640. The van der Waals surface area contributed by atoms with E-state index in [4.69, 9.17) is 11.6 Å². The summed E-state index contributed by atoms with van der Waals surface area (Å²) >= 11 is 6.31. The van der Waals surface area contributed by atoms with Crippen LogP contribution in [0.1, 0.15) is 22.3 Å². The lowest BCUT2D eigenvalue weighted by atomic mass is 9.99. The highest BCUT2D eigenvalue weighted by molar-refractivity contribution is 6.30. The van der Waals surface area contributed by atoms with Crippen LogP contribution in [-0.2, 0) is 11.2 Å². The molecule has 0 spiro atoms. The number of anilines is 1. The normalized spacial score (nSPS) is 11.8. The number of amides is 1. The van der Waals surface area contributed by atoms with Gasteiger partial charge in [-0.3, -0.25) is 4.79 Å². The molecule has 1 heterocycles. The number of nitrogens with one attached hydrogen (secondary N) is 1. The molecule has 1 amide bonds. The number of carbonyl (C=O) groups excluding carboxylic acids is 1. The number of benzene rings is 2. The zero-order valence-corrected chi connectivity index (χ0v) is 16.3. The molecule has 0 bridgehead atoms. The van der Waals surface area contributed by atoms with Gasteiger partial charge in [0.15, 0.2) is 0 Å². The molecule has 3 rings (SSSR count). The molecule has 5 heteroatoms. The van der Waals surface area contributed by atoms with Crippen molar-refractivity contribution < 1.29 is 4.79 Å². The summed E-state index contributed by atoms with van der Waals surface area (Å²) in [4.78, 5) is 17.0. The van der Waals surface area contributed by atoms with E-state index in [1.165, 1.54) is 0 Å². The highest BCUT2D eigenvalue weighted by Crippen LogP contribution is 2.25. The number of fused-ring (bicyclic) bond motifs is 1. The number of pyridine rings is 1. The molecule has 136 valence electrons. The molecule has 27 heavy (non-hydrogen) atoms. The predicted octanol–water partition coefficient (Wildman–Crippen LogP) is 5.13. The van der Waals surface area contributed by atoms with Crippen molar-refractivity contribution in [3.05, 3.63) is 69.9 Å². The number of carbonyl (C=O) groups is 1. The summed E-state index contributed by atoms with van der Waals surface area (Å²) in [6.07, 6.45) is 0.211. The first-order valence-electron chi connectivity index (χ1n) is 8.71. The summed E-state index contributed by atoms with van der Waals surface area (Å²) in [5, 5.41) is 13.6. The van der Waals surface area contributed by atoms with Crippen molar-refractivity contribution >= 4 is 34.1 Å². The molecular formula is C22H20ClN3O. The van der Waals surface area contributed by atoms with Gasteiger partial charge in [-0.25, -0.2) is 4.98 Å². The Labute approximate surface area is 163 Å². The van der Waals surface area contributed by atoms with Crippen molar-refractivity contribution in [2.45, 2.75) is 27.2 Å². The van der Waals surface area contributed by atoms with Crippen molar-refractivity contribution in [2.75, 3.05) is 5.32 Å². The van der Waals surface area contributed by atoms with Gasteiger partial charge in [-0.2, -0.15) is 5.26 Å². The van der Waals surface area contributed by atoms with Crippen molar-refractivity contribution in [1.29, 1.82) is 5.26 Å². The van der Waals surface area contributed by atoms with E-state index < -0.39 is 5.92 Å². The van der Waals surface area contributed by atoms with Crippen molar-refractivity contribution in [3.63, 3.8) is 0 Å². The average Bonchev–Trinajstić information content (AvgIpc) is 2.62. The second kappa shape index (κ2) is 7.77. The van der Waals surface area contributed by atoms with Gasteiger partial charge < -0.3 is 5.32 Å². The molecule has 1 unspecified atom stereocenters. The van der Waals surface area contributed by atoms with Crippen molar-refractivity contribution in [3.8, 4) is 6.07 Å². The standard InChI is InChI=1S/C22H20ClN3O/c1-13-5-7-19(15(3)8-13)26-22(27)18(12-24)11-17-10-16-6-4-14(2)9-20(16)25-21(17)23/h4-10,18H,11H2,1-3H3,(H,26,27). The van der Waals surface area contributed by atoms with Crippen LogP contribution in [0.4, 0.5) is 5.69 Å². The van der Waals surface area contributed by atoms with E-state index in [1.807, 2.05) is 63.2 Å². The SMILES string of the molecule is Cc1ccc(NC(=O)C(C#N)Cc2cc3ccc(C)cc3nc2Cl)c(C)c1. The van der Waals surface area contributed by atoms with Crippen LogP contribution in [0, 0.1) is 38.0 Å². The first kappa shape index (κ1) is 18.9. The number of hydrogen-bond acceptors (Lipinski definition) is 3. The van der Waals surface area contributed by atoms with Gasteiger partial charge in [0.05, 0.1) is 11.6 Å². The zero-order chi connectivity index (χ0) is 19.6. The third-order valence-electron chi connectivity index (χ3n) is 4.54. The van der Waals surface area contributed by atoms with Gasteiger partial charge in [-0.1, -0.05) is 41.4 Å². The minimum absolute atomic E-state index is 0.211. The molecule has 0 aliphatic rings. The van der Waals surface area contributed by atoms with Crippen LogP contribution in [0.2, 0.25) is 5.15 Å². The average molecular weight is 378 g/mol. The van der Waals surface area contributed by atoms with E-state index in [1.54, 1.807) is 0 Å². The van der Waals surface area contributed by atoms with Gasteiger partial charge in [0, 0.05) is 17.5 Å². The maximum Gasteiger partial charge on any atom is 0.242 e. The lowest BCUT2D eigenvalue weighted by Crippen LogP contribution is -2.24. The molecule has 1 N–H and O–H groups in total. The smallest absolute Gasteiger partial charge is 0.242 e. The molecule has 0 aliphatic carbocycles.